The van der Waals surface area contributed by atoms with Crippen LogP contribution in [-0.2, 0) is 4.79 Å². The summed E-state index contributed by atoms with van der Waals surface area (Å²) in [7, 11) is 0. The molecule has 0 aliphatic carbocycles. The van der Waals surface area contributed by atoms with E-state index in [9.17, 15) is 20.1 Å². The Bertz CT molecular complexity index is 488. The summed E-state index contributed by atoms with van der Waals surface area (Å²) in [6.45, 7) is 4.14. The maximum atomic E-state index is 12.3. The molecule has 0 rings (SSSR count). The zero-order chi connectivity index (χ0) is 28.1. The molecule has 5 nitrogen and oxygen atoms in total. The van der Waals surface area contributed by atoms with Crippen LogP contribution in [-0.4, -0.2) is 46.1 Å². The molecule has 0 aromatic rings. The molecular weight excluding hydrogens is 474 g/mol. The number of carbonyl (C=O) groups excluding carboxylic acids is 1. The van der Waals surface area contributed by atoms with Crippen molar-refractivity contribution >= 4 is 5.91 Å². The normalized spacial score (nSPS) is 13.9. The average Bonchev–Trinajstić information content (AvgIpc) is 2.92. The molecule has 0 heterocycles. The number of unbranched alkanes of at least 4 members (excludes halogenated alkanes) is 22. The van der Waals surface area contributed by atoms with Crippen LogP contribution in [0.1, 0.15) is 181 Å². The number of hydrogen-bond acceptors (Lipinski definition) is 4. The maximum Gasteiger partial charge on any atom is 0.220 e. The van der Waals surface area contributed by atoms with Crippen LogP contribution in [0.15, 0.2) is 0 Å². The lowest BCUT2D eigenvalue weighted by atomic mass is 9.99. The van der Waals surface area contributed by atoms with Gasteiger partial charge in [-0.3, -0.25) is 4.79 Å². The second-order valence-corrected chi connectivity index (χ2v) is 11.7. The van der Waals surface area contributed by atoms with Crippen molar-refractivity contribution in [1.29, 1.82) is 0 Å². The van der Waals surface area contributed by atoms with Gasteiger partial charge in [-0.15, -0.1) is 0 Å². The molecule has 0 aromatic carbocycles. The quantitative estimate of drug-likeness (QED) is 0.0688. The summed E-state index contributed by atoms with van der Waals surface area (Å²) in [4.78, 5) is 12.3. The molecule has 38 heavy (non-hydrogen) atoms. The van der Waals surface area contributed by atoms with Crippen LogP contribution in [0, 0.1) is 0 Å². The van der Waals surface area contributed by atoms with Gasteiger partial charge in [0.2, 0.25) is 5.91 Å². The van der Waals surface area contributed by atoms with Gasteiger partial charge in [0.1, 0.15) is 6.10 Å². The monoisotopic (exact) mass is 542 g/mol. The van der Waals surface area contributed by atoms with Crippen LogP contribution >= 0.6 is 0 Å². The van der Waals surface area contributed by atoms with E-state index in [1.54, 1.807) is 0 Å². The smallest absolute Gasteiger partial charge is 0.220 e. The van der Waals surface area contributed by atoms with Crippen LogP contribution in [0.4, 0.5) is 0 Å². The SMILES string of the molecule is CCCCCCCCCCCCCCCCCC(=O)N[C@@H](CO)[C@H](O)[C@H](O)CCCCCCCCCCC. The number of aliphatic hydroxyl groups excluding tert-OH is 3. The fourth-order valence-electron chi connectivity index (χ4n) is 5.28. The number of hydrogen-bond donors (Lipinski definition) is 4. The van der Waals surface area contributed by atoms with Crippen molar-refractivity contribution < 1.29 is 20.1 Å². The van der Waals surface area contributed by atoms with Gasteiger partial charge >= 0.3 is 0 Å². The van der Waals surface area contributed by atoms with E-state index in [-0.39, 0.29) is 12.5 Å². The van der Waals surface area contributed by atoms with Crippen molar-refractivity contribution in [1.82, 2.24) is 5.32 Å². The molecule has 0 aliphatic heterocycles. The Morgan fingerprint density at radius 2 is 0.895 bits per heavy atom. The van der Waals surface area contributed by atoms with E-state index in [0.717, 1.165) is 38.5 Å². The van der Waals surface area contributed by atoms with Crippen LogP contribution in [0.3, 0.4) is 0 Å². The highest BCUT2D eigenvalue weighted by molar-refractivity contribution is 5.76. The van der Waals surface area contributed by atoms with Gasteiger partial charge in [-0.1, -0.05) is 162 Å². The highest BCUT2D eigenvalue weighted by atomic mass is 16.3. The van der Waals surface area contributed by atoms with E-state index < -0.39 is 18.2 Å². The van der Waals surface area contributed by atoms with E-state index in [4.69, 9.17) is 0 Å². The maximum absolute atomic E-state index is 12.3. The van der Waals surface area contributed by atoms with Gasteiger partial charge in [-0.25, -0.2) is 0 Å². The van der Waals surface area contributed by atoms with Gasteiger partial charge in [0.15, 0.2) is 0 Å². The molecule has 0 fully saturated rings. The second kappa shape index (κ2) is 29.3. The van der Waals surface area contributed by atoms with Crippen LogP contribution in [0.25, 0.3) is 0 Å². The number of nitrogens with one attached hydrogen (secondary N) is 1. The van der Waals surface area contributed by atoms with Crippen molar-refractivity contribution in [3.63, 3.8) is 0 Å². The zero-order valence-corrected chi connectivity index (χ0v) is 25.6. The predicted molar refractivity (Wildman–Crippen MR) is 162 cm³/mol. The first kappa shape index (κ1) is 37.4. The molecule has 0 spiro atoms. The Labute approximate surface area is 237 Å². The van der Waals surface area contributed by atoms with Crippen molar-refractivity contribution in [3.8, 4) is 0 Å². The topological polar surface area (TPSA) is 89.8 Å². The molecular formula is C33H67NO4. The van der Waals surface area contributed by atoms with E-state index in [0.29, 0.717) is 12.8 Å². The molecule has 0 saturated carbocycles. The second-order valence-electron chi connectivity index (χ2n) is 11.7. The summed E-state index contributed by atoms with van der Waals surface area (Å²) in [5.41, 5.74) is 0. The Balaban J connectivity index is 3.67. The van der Waals surface area contributed by atoms with Gasteiger partial charge in [-0.2, -0.15) is 0 Å². The first-order valence-corrected chi connectivity index (χ1v) is 16.8. The number of aliphatic hydroxyl groups is 3. The van der Waals surface area contributed by atoms with E-state index in [1.807, 2.05) is 0 Å². The Hall–Kier alpha value is -0.650. The van der Waals surface area contributed by atoms with Crippen molar-refractivity contribution in [2.75, 3.05) is 6.61 Å². The highest BCUT2D eigenvalue weighted by Crippen LogP contribution is 2.15. The molecule has 0 aromatic heterocycles. The Morgan fingerprint density at radius 1 is 0.553 bits per heavy atom. The minimum atomic E-state index is -1.13. The molecule has 0 saturated heterocycles. The summed E-state index contributed by atoms with van der Waals surface area (Å²) >= 11 is 0. The van der Waals surface area contributed by atoms with Crippen molar-refractivity contribution in [2.24, 2.45) is 0 Å². The first-order valence-electron chi connectivity index (χ1n) is 16.8. The largest absolute Gasteiger partial charge is 0.394 e. The number of rotatable bonds is 30. The minimum Gasteiger partial charge on any atom is -0.394 e. The summed E-state index contributed by atoms with van der Waals surface area (Å²) in [6, 6.07) is -0.799. The van der Waals surface area contributed by atoms with Gasteiger partial charge in [0.05, 0.1) is 18.8 Å². The fraction of sp³-hybridized carbons (Fsp3) is 0.970. The molecule has 0 radical (unpaired) electrons. The highest BCUT2D eigenvalue weighted by Gasteiger charge is 2.26. The first-order chi connectivity index (χ1) is 18.6. The Morgan fingerprint density at radius 3 is 1.26 bits per heavy atom. The third kappa shape index (κ3) is 24.4. The fourth-order valence-corrected chi connectivity index (χ4v) is 5.28. The Kier molecular flexibility index (Phi) is 28.8. The molecule has 4 N–H and O–H groups in total. The van der Waals surface area contributed by atoms with Gasteiger partial charge in [-0.05, 0) is 12.8 Å². The number of carbonyl (C=O) groups is 1. The summed E-state index contributed by atoms with van der Waals surface area (Å²) < 4.78 is 0. The van der Waals surface area contributed by atoms with Gasteiger partial charge < -0.3 is 20.6 Å². The van der Waals surface area contributed by atoms with E-state index in [2.05, 4.69) is 19.2 Å². The molecule has 0 bridgehead atoms. The van der Waals surface area contributed by atoms with Crippen LogP contribution in [0.2, 0.25) is 0 Å². The van der Waals surface area contributed by atoms with Crippen molar-refractivity contribution in [2.45, 2.75) is 199 Å². The van der Waals surface area contributed by atoms with Crippen molar-refractivity contribution in [3.05, 3.63) is 0 Å². The lowest BCUT2D eigenvalue weighted by molar-refractivity contribution is -0.124. The number of amides is 1. The zero-order valence-electron chi connectivity index (χ0n) is 25.6. The minimum absolute atomic E-state index is 0.145. The van der Waals surface area contributed by atoms with Crippen LogP contribution in [0.5, 0.6) is 0 Å². The molecule has 1 amide bonds. The third-order valence-electron chi connectivity index (χ3n) is 7.96. The third-order valence-corrected chi connectivity index (χ3v) is 7.96. The van der Waals surface area contributed by atoms with Gasteiger partial charge in [0.25, 0.3) is 0 Å². The average molecular weight is 542 g/mol. The molecule has 3 atom stereocenters. The van der Waals surface area contributed by atoms with Crippen LogP contribution < -0.4 is 5.32 Å². The lowest BCUT2D eigenvalue weighted by Crippen LogP contribution is -2.50. The van der Waals surface area contributed by atoms with E-state index >= 15 is 0 Å². The standard InChI is InChI=1S/C33H67NO4/c1-3-5-7-9-11-13-14-15-16-17-18-20-22-24-26-28-32(37)34-30(29-35)33(38)31(36)27-25-23-21-19-12-10-8-6-4-2/h30-31,33,35-36,38H,3-29H2,1-2H3,(H,34,37)/t30-,31+,33-/m0/s1. The molecule has 5 heteroatoms. The lowest BCUT2D eigenvalue weighted by Gasteiger charge is -2.26. The molecule has 228 valence electrons. The molecule has 0 aliphatic rings. The summed E-state index contributed by atoms with van der Waals surface area (Å²) in [5.74, 6) is -0.145. The molecule has 0 unspecified atom stereocenters. The predicted octanol–water partition coefficient (Wildman–Crippen LogP) is 8.37. The van der Waals surface area contributed by atoms with E-state index in [1.165, 1.54) is 116 Å². The summed E-state index contributed by atoms with van der Waals surface area (Å²) in [6.07, 6.45) is 29.0. The van der Waals surface area contributed by atoms with Gasteiger partial charge in [0, 0.05) is 6.42 Å². The summed E-state index contributed by atoms with van der Waals surface area (Å²) in [5, 5.41) is 33.1.